The molecule has 0 unspecified atom stereocenters. The van der Waals surface area contributed by atoms with Crippen molar-refractivity contribution in [2.75, 3.05) is 19.0 Å². The lowest BCUT2D eigenvalue weighted by Gasteiger charge is -2.13. The molecule has 0 aliphatic rings. The first-order valence-electron chi connectivity index (χ1n) is 8.65. The predicted molar refractivity (Wildman–Crippen MR) is 109 cm³/mol. The Morgan fingerprint density at radius 3 is 2.50 bits per heavy atom. The maximum Gasteiger partial charge on any atom is 0.237 e. The molecule has 6 nitrogen and oxygen atoms in total. The van der Waals surface area contributed by atoms with Crippen LogP contribution in [0.2, 0.25) is 5.02 Å². The van der Waals surface area contributed by atoms with Crippen molar-refractivity contribution in [3.05, 3.63) is 64.5 Å². The fourth-order valence-corrected chi connectivity index (χ4v) is 3.46. The smallest absolute Gasteiger partial charge is 0.237 e. The molecule has 7 heteroatoms. The molecule has 0 aliphatic carbocycles. The Morgan fingerprint density at radius 2 is 1.89 bits per heavy atom. The Balaban J connectivity index is 1.86. The standard InChI is InChI=1S/C21H18ClN3O3/c1-11-8-18(28-24-11)20(26)19-15-9-14(16(22)10-17(15)23-21(19)27)12-4-6-13(7-5-12)25(2)3/h4-10,23,27H,1-3H3. The number of carbonyl (C=O) groups is 1. The highest BCUT2D eigenvalue weighted by Crippen LogP contribution is 2.37. The Kier molecular flexibility index (Phi) is 4.35. The van der Waals surface area contributed by atoms with E-state index in [1.54, 1.807) is 19.1 Å². The lowest BCUT2D eigenvalue weighted by atomic mass is 10.00. The monoisotopic (exact) mass is 395 g/mol. The summed E-state index contributed by atoms with van der Waals surface area (Å²) in [4.78, 5) is 17.7. The molecule has 0 bridgehead atoms. The van der Waals surface area contributed by atoms with Crippen molar-refractivity contribution in [1.29, 1.82) is 0 Å². The van der Waals surface area contributed by atoms with Gasteiger partial charge in [-0.1, -0.05) is 28.9 Å². The lowest BCUT2D eigenvalue weighted by molar-refractivity contribution is 0.0999. The molecule has 0 atom stereocenters. The summed E-state index contributed by atoms with van der Waals surface area (Å²) in [5.41, 5.74) is 4.03. The Bertz CT molecular complexity index is 1190. The van der Waals surface area contributed by atoms with Gasteiger partial charge in [0.05, 0.1) is 21.8 Å². The molecule has 0 saturated carbocycles. The van der Waals surface area contributed by atoms with Crippen LogP contribution >= 0.6 is 11.6 Å². The van der Waals surface area contributed by atoms with Gasteiger partial charge in [0, 0.05) is 36.8 Å². The van der Waals surface area contributed by atoms with Gasteiger partial charge in [0.2, 0.25) is 17.4 Å². The minimum Gasteiger partial charge on any atom is -0.494 e. The summed E-state index contributed by atoms with van der Waals surface area (Å²) < 4.78 is 5.07. The van der Waals surface area contributed by atoms with Crippen molar-refractivity contribution >= 4 is 34.0 Å². The van der Waals surface area contributed by atoms with Gasteiger partial charge in [-0.15, -0.1) is 0 Å². The number of aryl methyl sites for hydroxylation is 1. The van der Waals surface area contributed by atoms with Crippen LogP contribution in [-0.2, 0) is 0 Å². The summed E-state index contributed by atoms with van der Waals surface area (Å²) in [6, 6.07) is 13.0. The van der Waals surface area contributed by atoms with E-state index in [1.165, 1.54) is 6.07 Å². The van der Waals surface area contributed by atoms with Gasteiger partial charge in [0.15, 0.2) is 0 Å². The van der Waals surface area contributed by atoms with E-state index in [0.29, 0.717) is 21.6 Å². The van der Waals surface area contributed by atoms with Crippen molar-refractivity contribution in [2.24, 2.45) is 0 Å². The molecular weight excluding hydrogens is 378 g/mol. The SMILES string of the molecule is Cc1cc(C(=O)c2c(O)[nH]c3cc(Cl)c(-c4ccc(N(C)C)cc4)cc23)on1. The maximum absolute atomic E-state index is 12.9. The summed E-state index contributed by atoms with van der Waals surface area (Å²) >= 11 is 6.48. The molecule has 2 aromatic heterocycles. The molecule has 2 aromatic carbocycles. The summed E-state index contributed by atoms with van der Waals surface area (Å²) in [6.07, 6.45) is 0. The molecule has 28 heavy (non-hydrogen) atoms. The van der Waals surface area contributed by atoms with Crippen molar-refractivity contribution in [1.82, 2.24) is 10.1 Å². The van der Waals surface area contributed by atoms with Gasteiger partial charge in [-0.3, -0.25) is 4.79 Å². The molecule has 0 saturated heterocycles. The number of H-pyrrole nitrogens is 1. The minimum atomic E-state index is -0.444. The second-order valence-corrected chi connectivity index (χ2v) is 7.24. The quantitative estimate of drug-likeness (QED) is 0.485. The highest BCUT2D eigenvalue weighted by molar-refractivity contribution is 6.34. The van der Waals surface area contributed by atoms with Crippen LogP contribution in [-0.4, -0.2) is 35.1 Å². The average Bonchev–Trinajstić information content (AvgIpc) is 3.23. The summed E-state index contributed by atoms with van der Waals surface area (Å²) in [6.45, 7) is 1.73. The third-order valence-electron chi connectivity index (χ3n) is 4.64. The number of fused-ring (bicyclic) bond motifs is 1. The molecule has 0 radical (unpaired) electrons. The first kappa shape index (κ1) is 18.1. The molecule has 0 spiro atoms. The zero-order valence-electron chi connectivity index (χ0n) is 15.6. The van der Waals surface area contributed by atoms with E-state index < -0.39 is 5.78 Å². The lowest BCUT2D eigenvalue weighted by Crippen LogP contribution is -2.07. The van der Waals surface area contributed by atoms with Gasteiger partial charge in [-0.25, -0.2) is 0 Å². The topological polar surface area (TPSA) is 82.4 Å². The number of nitrogens with one attached hydrogen (secondary N) is 1. The third kappa shape index (κ3) is 3.01. The van der Waals surface area contributed by atoms with Gasteiger partial charge >= 0.3 is 0 Å². The fraction of sp³-hybridized carbons (Fsp3) is 0.143. The van der Waals surface area contributed by atoms with Crippen LogP contribution in [0.15, 0.2) is 47.0 Å². The average molecular weight is 396 g/mol. The third-order valence-corrected chi connectivity index (χ3v) is 4.95. The number of hydrogen-bond donors (Lipinski definition) is 2. The molecular formula is C21H18ClN3O3. The van der Waals surface area contributed by atoms with Gasteiger partial charge in [-0.05, 0) is 36.8 Å². The number of benzene rings is 2. The van der Waals surface area contributed by atoms with Crippen LogP contribution < -0.4 is 4.90 Å². The van der Waals surface area contributed by atoms with E-state index >= 15 is 0 Å². The van der Waals surface area contributed by atoms with Crippen LogP contribution in [0.4, 0.5) is 5.69 Å². The highest BCUT2D eigenvalue weighted by atomic mass is 35.5. The molecule has 2 heterocycles. The largest absolute Gasteiger partial charge is 0.494 e. The molecule has 0 fully saturated rings. The number of halogens is 1. The van der Waals surface area contributed by atoms with Crippen LogP contribution in [0.5, 0.6) is 5.88 Å². The number of aromatic amines is 1. The highest BCUT2D eigenvalue weighted by Gasteiger charge is 2.24. The zero-order valence-corrected chi connectivity index (χ0v) is 16.3. The van der Waals surface area contributed by atoms with E-state index in [0.717, 1.165) is 16.8 Å². The molecule has 4 rings (SSSR count). The predicted octanol–water partition coefficient (Wildman–Crippen LogP) is 4.79. The maximum atomic E-state index is 12.9. The first-order valence-corrected chi connectivity index (χ1v) is 9.03. The zero-order chi connectivity index (χ0) is 20.0. The summed E-state index contributed by atoms with van der Waals surface area (Å²) in [5, 5.41) is 15.2. The number of ketones is 1. The van der Waals surface area contributed by atoms with E-state index in [9.17, 15) is 9.90 Å². The van der Waals surface area contributed by atoms with E-state index in [2.05, 4.69) is 10.1 Å². The van der Waals surface area contributed by atoms with Crippen molar-refractivity contribution in [3.63, 3.8) is 0 Å². The Labute approximate surface area is 166 Å². The van der Waals surface area contributed by atoms with Gasteiger partial charge in [-0.2, -0.15) is 0 Å². The fourth-order valence-electron chi connectivity index (χ4n) is 3.19. The van der Waals surface area contributed by atoms with Crippen molar-refractivity contribution in [2.45, 2.75) is 6.92 Å². The molecule has 142 valence electrons. The number of carbonyl (C=O) groups excluding carboxylic acids is 1. The van der Waals surface area contributed by atoms with Gasteiger partial charge in [0.1, 0.15) is 0 Å². The van der Waals surface area contributed by atoms with Crippen molar-refractivity contribution in [3.8, 4) is 17.0 Å². The van der Waals surface area contributed by atoms with E-state index in [1.807, 2.05) is 43.3 Å². The van der Waals surface area contributed by atoms with Gasteiger partial charge < -0.3 is 19.5 Å². The second-order valence-electron chi connectivity index (χ2n) is 6.83. The van der Waals surface area contributed by atoms with E-state index in [4.69, 9.17) is 16.1 Å². The molecule has 0 aliphatic heterocycles. The van der Waals surface area contributed by atoms with Crippen LogP contribution in [0.1, 0.15) is 21.8 Å². The normalized spacial score (nSPS) is 11.1. The number of rotatable bonds is 4. The number of aromatic hydroxyl groups is 1. The molecule has 2 N–H and O–H groups in total. The number of anilines is 1. The van der Waals surface area contributed by atoms with Crippen LogP contribution in [0.3, 0.4) is 0 Å². The minimum absolute atomic E-state index is 0.0699. The number of hydrogen-bond acceptors (Lipinski definition) is 5. The summed E-state index contributed by atoms with van der Waals surface area (Å²) in [5.74, 6) is -0.605. The Hall–Kier alpha value is -3.25. The number of nitrogens with zero attached hydrogens (tertiary/aromatic N) is 2. The van der Waals surface area contributed by atoms with Crippen molar-refractivity contribution < 1.29 is 14.4 Å². The van der Waals surface area contributed by atoms with E-state index in [-0.39, 0.29) is 17.2 Å². The first-order chi connectivity index (χ1) is 13.3. The van der Waals surface area contributed by atoms with Crippen LogP contribution in [0.25, 0.3) is 22.0 Å². The molecule has 4 aromatic rings. The molecule has 0 amide bonds. The van der Waals surface area contributed by atoms with Gasteiger partial charge in [0.25, 0.3) is 0 Å². The second kappa shape index (κ2) is 6.73. The summed E-state index contributed by atoms with van der Waals surface area (Å²) in [7, 11) is 3.94. The van der Waals surface area contributed by atoms with Crippen LogP contribution in [0, 0.1) is 6.92 Å². The number of aromatic nitrogens is 2. The Morgan fingerprint density at radius 1 is 1.18 bits per heavy atom.